The second-order valence-electron chi connectivity index (χ2n) is 4.99. The maximum Gasteiger partial charge on any atom is 0.341 e. The van der Waals surface area contributed by atoms with Crippen LogP contribution in [0.3, 0.4) is 0 Å². The minimum absolute atomic E-state index is 0.260. The molecule has 0 saturated heterocycles. The number of halogens is 1. The summed E-state index contributed by atoms with van der Waals surface area (Å²) in [5.41, 5.74) is 1.48. The Bertz CT molecular complexity index is 903. The van der Waals surface area contributed by atoms with Crippen molar-refractivity contribution >= 4 is 51.2 Å². The molecule has 1 N–H and O–H groups in total. The molecule has 0 unspecified atom stereocenters. The number of amides is 1. The lowest BCUT2D eigenvalue weighted by atomic mass is 10.1. The molecule has 0 aliphatic rings. The predicted octanol–water partition coefficient (Wildman–Crippen LogP) is 5.56. The molecule has 1 amide bonds. The monoisotopic (exact) mass is 391 g/mol. The summed E-state index contributed by atoms with van der Waals surface area (Å²) < 4.78 is 5.17. The molecular weight excluding hydrogens is 378 g/mol. The topological polar surface area (TPSA) is 55.4 Å². The number of esters is 1. The summed E-state index contributed by atoms with van der Waals surface area (Å²) in [5.74, 6) is -0.822. The highest BCUT2D eigenvalue weighted by Crippen LogP contribution is 2.38. The summed E-state index contributed by atoms with van der Waals surface area (Å²) in [7, 11) is 0. The van der Waals surface area contributed by atoms with Gasteiger partial charge in [0, 0.05) is 15.8 Å². The molecule has 0 radical (unpaired) electrons. The maximum absolute atomic E-state index is 12.5. The number of ether oxygens (including phenoxy) is 1. The SMILES string of the molecule is CCOC(=O)c1c(-c2cccs2)csc1NC(=O)c1ccccc1Cl. The predicted molar refractivity (Wildman–Crippen MR) is 103 cm³/mol. The smallest absolute Gasteiger partial charge is 0.341 e. The number of thiophene rings is 2. The van der Waals surface area contributed by atoms with Crippen LogP contribution in [0.15, 0.2) is 47.2 Å². The fourth-order valence-electron chi connectivity index (χ4n) is 2.28. The fourth-order valence-corrected chi connectivity index (χ4v) is 4.27. The molecule has 0 saturated carbocycles. The van der Waals surface area contributed by atoms with E-state index in [4.69, 9.17) is 16.3 Å². The van der Waals surface area contributed by atoms with Crippen molar-refractivity contribution in [2.75, 3.05) is 11.9 Å². The standard InChI is InChI=1S/C18H14ClNO3S2/c1-2-23-18(22)15-12(14-8-5-9-24-14)10-25-17(15)20-16(21)11-6-3-4-7-13(11)19/h3-10H,2H2,1H3,(H,20,21). The van der Waals surface area contributed by atoms with Crippen LogP contribution in [0.1, 0.15) is 27.6 Å². The lowest BCUT2D eigenvalue weighted by molar-refractivity contribution is 0.0529. The highest BCUT2D eigenvalue weighted by molar-refractivity contribution is 7.17. The highest BCUT2D eigenvalue weighted by Gasteiger charge is 2.24. The Morgan fingerprint density at radius 1 is 1.16 bits per heavy atom. The number of carbonyl (C=O) groups is 2. The molecule has 3 aromatic rings. The molecule has 25 heavy (non-hydrogen) atoms. The van der Waals surface area contributed by atoms with Gasteiger partial charge in [0.15, 0.2) is 0 Å². The molecule has 4 nitrogen and oxygen atoms in total. The number of carbonyl (C=O) groups excluding carboxylic acids is 2. The van der Waals surface area contributed by atoms with Crippen LogP contribution >= 0.6 is 34.3 Å². The summed E-state index contributed by atoms with van der Waals surface area (Å²) >= 11 is 8.89. The number of benzene rings is 1. The molecule has 0 aliphatic carbocycles. The largest absolute Gasteiger partial charge is 0.462 e. The van der Waals surface area contributed by atoms with Crippen LogP contribution < -0.4 is 5.32 Å². The van der Waals surface area contributed by atoms with Crippen molar-refractivity contribution in [1.29, 1.82) is 0 Å². The van der Waals surface area contributed by atoms with Gasteiger partial charge in [0.05, 0.1) is 17.2 Å². The Hall–Kier alpha value is -2.15. The summed E-state index contributed by atoms with van der Waals surface area (Å²) in [6.07, 6.45) is 0. The molecule has 0 aliphatic heterocycles. The first kappa shape index (κ1) is 17.7. The molecule has 1 aromatic carbocycles. The van der Waals surface area contributed by atoms with E-state index in [1.54, 1.807) is 31.2 Å². The van der Waals surface area contributed by atoms with Crippen molar-refractivity contribution in [2.45, 2.75) is 6.92 Å². The molecule has 0 spiro atoms. The number of rotatable bonds is 5. The van der Waals surface area contributed by atoms with Gasteiger partial charge < -0.3 is 10.1 Å². The van der Waals surface area contributed by atoms with Crippen LogP contribution in [0.25, 0.3) is 10.4 Å². The minimum Gasteiger partial charge on any atom is -0.462 e. The van der Waals surface area contributed by atoms with E-state index in [2.05, 4.69) is 5.32 Å². The van der Waals surface area contributed by atoms with Gasteiger partial charge in [-0.15, -0.1) is 22.7 Å². The van der Waals surface area contributed by atoms with E-state index < -0.39 is 5.97 Å². The average molecular weight is 392 g/mol. The first-order valence-corrected chi connectivity index (χ1v) is 9.64. The molecule has 2 aromatic heterocycles. The van der Waals surface area contributed by atoms with Crippen LogP contribution in [0.4, 0.5) is 5.00 Å². The van der Waals surface area contributed by atoms with Crippen molar-refractivity contribution in [3.8, 4) is 10.4 Å². The maximum atomic E-state index is 12.5. The van der Waals surface area contributed by atoms with Crippen molar-refractivity contribution in [1.82, 2.24) is 0 Å². The zero-order valence-corrected chi connectivity index (χ0v) is 15.6. The van der Waals surface area contributed by atoms with E-state index in [1.165, 1.54) is 22.7 Å². The van der Waals surface area contributed by atoms with E-state index >= 15 is 0 Å². The third-order valence-electron chi connectivity index (χ3n) is 3.40. The van der Waals surface area contributed by atoms with Crippen molar-refractivity contribution in [3.63, 3.8) is 0 Å². The van der Waals surface area contributed by atoms with Gasteiger partial charge in [-0.1, -0.05) is 29.8 Å². The Kier molecular flexibility index (Phi) is 5.53. The Balaban J connectivity index is 1.97. The van der Waals surface area contributed by atoms with Crippen LogP contribution in [0.5, 0.6) is 0 Å². The van der Waals surface area contributed by atoms with Crippen molar-refractivity contribution in [2.24, 2.45) is 0 Å². The highest BCUT2D eigenvalue weighted by atomic mass is 35.5. The average Bonchev–Trinajstić information content (AvgIpc) is 3.24. The van der Waals surface area contributed by atoms with E-state index in [0.717, 1.165) is 10.4 Å². The van der Waals surface area contributed by atoms with Crippen molar-refractivity contribution < 1.29 is 14.3 Å². The summed E-state index contributed by atoms with van der Waals surface area (Å²) in [6, 6.07) is 10.6. The van der Waals surface area contributed by atoms with Crippen LogP contribution in [0.2, 0.25) is 5.02 Å². The van der Waals surface area contributed by atoms with Crippen molar-refractivity contribution in [3.05, 3.63) is 63.3 Å². The molecule has 3 rings (SSSR count). The summed E-state index contributed by atoms with van der Waals surface area (Å²) in [6.45, 7) is 2.01. The van der Waals surface area contributed by atoms with E-state index in [1.807, 2.05) is 22.9 Å². The number of nitrogens with one attached hydrogen (secondary N) is 1. The van der Waals surface area contributed by atoms with Gasteiger partial charge >= 0.3 is 5.97 Å². The van der Waals surface area contributed by atoms with Crippen LogP contribution in [0, 0.1) is 0 Å². The zero-order chi connectivity index (χ0) is 17.8. The minimum atomic E-state index is -0.457. The molecular formula is C18H14ClNO3S2. The van der Waals surface area contributed by atoms with Gasteiger partial charge in [0.1, 0.15) is 10.6 Å². The molecule has 2 heterocycles. The van der Waals surface area contributed by atoms with E-state index in [9.17, 15) is 9.59 Å². The molecule has 0 fully saturated rings. The second-order valence-corrected chi connectivity index (χ2v) is 7.22. The molecule has 7 heteroatoms. The van der Waals surface area contributed by atoms with Gasteiger partial charge in [-0.05, 0) is 30.5 Å². The Morgan fingerprint density at radius 3 is 2.64 bits per heavy atom. The first-order valence-electron chi connectivity index (χ1n) is 7.50. The first-order chi connectivity index (χ1) is 12.1. The third kappa shape index (κ3) is 3.76. The molecule has 0 atom stereocenters. The third-order valence-corrected chi connectivity index (χ3v) is 5.53. The van der Waals surface area contributed by atoms with Gasteiger partial charge in [-0.3, -0.25) is 4.79 Å². The number of hydrogen-bond acceptors (Lipinski definition) is 5. The Labute approximate surface area is 158 Å². The van der Waals surface area contributed by atoms with Gasteiger partial charge in [0.2, 0.25) is 0 Å². The number of hydrogen-bond donors (Lipinski definition) is 1. The molecule has 0 bridgehead atoms. The normalized spacial score (nSPS) is 10.5. The lowest BCUT2D eigenvalue weighted by Gasteiger charge is -2.09. The molecule has 128 valence electrons. The second kappa shape index (κ2) is 7.82. The fraction of sp³-hybridized carbons (Fsp3) is 0.111. The van der Waals surface area contributed by atoms with E-state index in [0.29, 0.717) is 21.2 Å². The quantitative estimate of drug-likeness (QED) is 0.579. The van der Waals surface area contributed by atoms with Gasteiger partial charge in [-0.25, -0.2) is 4.79 Å². The lowest BCUT2D eigenvalue weighted by Crippen LogP contribution is -2.15. The van der Waals surface area contributed by atoms with Gasteiger partial charge in [0.25, 0.3) is 5.91 Å². The van der Waals surface area contributed by atoms with Crippen LogP contribution in [-0.2, 0) is 4.74 Å². The zero-order valence-electron chi connectivity index (χ0n) is 13.2. The number of anilines is 1. The summed E-state index contributed by atoms with van der Waals surface area (Å²) in [4.78, 5) is 25.9. The Morgan fingerprint density at radius 2 is 1.96 bits per heavy atom. The van der Waals surface area contributed by atoms with Gasteiger partial charge in [-0.2, -0.15) is 0 Å². The summed E-state index contributed by atoms with van der Waals surface area (Å²) in [5, 5.41) is 7.38. The van der Waals surface area contributed by atoms with Crippen LogP contribution in [-0.4, -0.2) is 18.5 Å². The van der Waals surface area contributed by atoms with E-state index in [-0.39, 0.29) is 12.5 Å².